The van der Waals surface area contributed by atoms with Gasteiger partial charge in [0, 0.05) is 27.2 Å². The minimum Gasteiger partial charge on any atom is -0.370 e. The Morgan fingerprint density at radius 2 is 1.78 bits per heavy atom. The Hall–Kier alpha value is -1.60. The van der Waals surface area contributed by atoms with Gasteiger partial charge >= 0.3 is 0 Å². The number of hydrogen-bond donors (Lipinski definition) is 1. The van der Waals surface area contributed by atoms with Crippen molar-refractivity contribution in [2.75, 3.05) is 27.2 Å². The van der Waals surface area contributed by atoms with Crippen molar-refractivity contribution in [3.05, 3.63) is 29.8 Å². The highest BCUT2D eigenvalue weighted by molar-refractivity contribution is 7.89. The van der Waals surface area contributed by atoms with Gasteiger partial charge in [-0.05, 0) is 24.5 Å². The second kappa shape index (κ2) is 7.79. The van der Waals surface area contributed by atoms with Crippen LogP contribution >= 0.6 is 0 Å². The summed E-state index contributed by atoms with van der Waals surface area (Å²) in [6.07, 6.45) is 4.71. The lowest BCUT2D eigenvalue weighted by atomic mass is 10.2. The molecule has 23 heavy (non-hydrogen) atoms. The molecule has 128 valence electrons. The fraction of sp³-hybridized carbons (Fsp3) is 0.562. The highest BCUT2D eigenvalue weighted by Gasteiger charge is 2.20. The van der Waals surface area contributed by atoms with E-state index >= 15 is 0 Å². The second-order valence-corrected chi connectivity index (χ2v) is 8.09. The minimum atomic E-state index is -3.48. The van der Waals surface area contributed by atoms with E-state index in [4.69, 9.17) is 5.73 Å². The van der Waals surface area contributed by atoms with Crippen molar-refractivity contribution >= 4 is 16.0 Å². The summed E-state index contributed by atoms with van der Waals surface area (Å²) in [5.41, 5.74) is 6.77. The number of aliphatic imine (C=N–C) groups is 1. The quantitative estimate of drug-likeness (QED) is 0.668. The third-order valence-electron chi connectivity index (χ3n) is 4.07. The molecule has 2 rings (SSSR count). The van der Waals surface area contributed by atoms with Crippen molar-refractivity contribution in [1.82, 2.24) is 9.21 Å². The topological polar surface area (TPSA) is 79.0 Å². The molecule has 7 heteroatoms. The van der Waals surface area contributed by atoms with Crippen LogP contribution in [0.2, 0.25) is 0 Å². The van der Waals surface area contributed by atoms with E-state index in [1.165, 1.54) is 31.2 Å². The smallest absolute Gasteiger partial charge is 0.242 e. The third-order valence-corrected chi connectivity index (χ3v) is 5.99. The largest absolute Gasteiger partial charge is 0.370 e. The molecule has 1 fully saturated rings. The first kappa shape index (κ1) is 17.7. The molecule has 1 aromatic carbocycles. The molecule has 0 bridgehead atoms. The van der Waals surface area contributed by atoms with Crippen LogP contribution in [0.4, 0.5) is 0 Å². The minimum absolute atomic E-state index is 0.269. The summed E-state index contributed by atoms with van der Waals surface area (Å²) in [4.78, 5) is 6.81. The molecular weight excluding hydrogens is 312 g/mol. The van der Waals surface area contributed by atoms with Gasteiger partial charge in [-0.15, -0.1) is 0 Å². The summed E-state index contributed by atoms with van der Waals surface area (Å²) < 4.78 is 26.0. The van der Waals surface area contributed by atoms with E-state index in [-0.39, 0.29) is 11.4 Å². The zero-order chi connectivity index (χ0) is 16.9. The molecular formula is C16H26N4O2S. The van der Waals surface area contributed by atoms with Crippen LogP contribution in [0.5, 0.6) is 0 Å². The third kappa shape index (κ3) is 4.45. The number of guanidine groups is 1. The zero-order valence-corrected chi connectivity index (χ0v) is 14.7. The molecule has 0 aromatic heterocycles. The first-order valence-electron chi connectivity index (χ1n) is 7.98. The van der Waals surface area contributed by atoms with Crippen molar-refractivity contribution < 1.29 is 8.42 Å². The number of nitrogens with two attached hydrogens (primary N) is 1. The van der Waals surface area contributed by atoms with Crippen LogP contribution in [0.3, 0.4) is 0 Å². The Bertz CT molecular complexity index is 648. The van der Waals surface area contributed by atoms with Crippen molar-refractivity contribution in [3.8, 4) is 0 Å². The molecule has 0 atom stereocenters. The van der Waals surface area contributed by atoms with Gasteiger partial charge in [0.25, 0.3) is 0 Å². The Balaban J connectivity index is 2.19. The molecule has 0 saturated carbocycles. The highest BCUT2D eigenvalue weighted by Crippen LogP contribution is 2.19. The average Bonchev–Trinajstić information content (AvgIpc) is 2.82. The molecule has 1 heterocycles. The Morgan fingerprint density at radius 1 is 1.17 bits per heavy atom. The van der Waals surface area contributed by atoms with E-state index in [0.29, 0.717) is 11.5 Å². The van der Waals surface area contributed by atoms with Gasteiger partial charge in [0.05, 0.1) is 11.4 Å². The summed E-state index contributed by atoms with van der Waals surface area (Å²) >= 11 is 0. The monoisotopic (exact) mass is 338 g/mol. The van der Waals surface area contributed by atoms with Crippen molar-refractivity contribution in [3.63, 3.8) is 0 Å². The van der Waals surface area contributed by atoms with Crippen LogP contribution in [-0.2, 0) is 16.6 Å². The van der Waals surface area contributed by atoms with Crippen LogP contribution in [0.1, 0.15) is 31.2 Å². The van der Waals surface area contributed by atoms with Crippen molar-refractivity contribution in [1.29, 1.82) is 0 Å². The fourth-order valence-corrected chi connectivity index (χ4v) is 3.76. The standard InChI is InChI=1S/C16H26N4O2S/c1-19(2)23(21,22)15-10-6-5-9-14(15)13-18-16(17)20-11-7-3-4-8-12-20/h5-6,9-10H,3-4,7-8,11-13H2,1-2H3,(H2,17,18). The highest BCUT2D eigenvalue weighted by atomic mass is 32.2. The Kier molecular flexibility index (Phi) is 6.01. The summed E-state index contributed by atoms with van der Waals surface area (Å²) in [5, 5.41) is 0. The predicted octanol–water partition coefficient (Wildman–Crippen LogP) is 1.63. The Morgan fingerprint density at radius 3 is 2.39 bits per heavy atom. The maximum absolute atomic E-state index is 12.4. The predicted molar refractivity (Wildman–Crippen MR) is 92.7 cm³/mol. The molecule has 1 aliphatic heterocycles. The number of rotatable bonds is 4. The van der Waals surface area contributed by atoms with E-state index in [1.807, 2.05) is 6.07 Å². The van der Waals surface area contributed by atoms with Crippen LogP contribution in [0.15, 0.2) is 34.2 Å². The Labute approximate surface area is 139 Å². The molecule has 0 radical (unpaired) electrons. The first-order chi connectivity index (χ1) is 10.9. The van der Waals surface area contributed by atoms with Crippen LogP contribution in [0.25, 0.3) is 0 Å². The normalized spacial score (nSPS) is 17.3. The van der Waals surface area contributed by atoms with Gasteiger partial charge in [-0.3, -0.25) is 0 Å². The number of benzene rings is 1. The van der Waals surface area contributed by atoms with Gasteiger partial charge in [0.2, 0.25) is 10.0 Å². The number of hydrogen-bond acceptors (Lipinski definition) is 3. The summed E-state index contributed by atoms with van der Waals surface area (Å²) in [6, 6.07) is 6.95. The fourth-order valence-electron chi connectivity index (χ4n) is 2.65. The van der Waals surface area contributed by atoms with E-state index in [0.717, 1.165) is 25.9 Å². The van der Waals surface area contributed by atoms with Crippen LogP contribution < -0.4 is 5.73 Å². The maximum atomic E-state index is 12.4. The van der Waals surface area contributed by atoms with E-state index in [9.17, 15) is 8.42 Å². The molecule has 0 amide bonds. The first-order valence-corrected chi connectivity index (χ1v) is 9.42. The van der Waals surface area contributed by atoms with Gasteiger partial charge in [-0.1, -0.05) is 31.0 Å². The lowest BCUT2D eigenvalue weighted by Gasteiger charge is -2.21. The van der Waals surface area contributed by atoms with Crippen molar-refractivity contribution in [2.45, 2.75) is 37.1 Å². The average molecular weight is 338 g/mol. The summed E-state index contributed by atoms with van der Waals surface area (Å²) in [5.74, 6) is 0.504. The molecule has 0 spiro atoms. The molecule has 6 nitrogen and oxygen atoms in total. The molecule has 1 saturated heterocycles. The van der Waals surface area contributed by atoms with Gasteiger partial charge in [-0.2, -0.15) is 0 Å². The van der Waals surface area contributed by atoms with Gasteiger partial charge < -0.3 is 10.6 Å². The molecule has 2 N–H and O–H groups in total. The number of nitrogens with zero attached hydrogens (tertiary/aromatic N) is 3. The van der Waals surface area contributed by atoms with E-state index in [2.05, 4.69) is 9.89 Å². The SMILES string of the molecule is CN(C)S(=O)(=O)c1ccccc1CN=C(N)N1CCCCCC1. The van der Waals surface area contributed by atoms with Crippen molar-refractivity contribution in [2.24, 2.45) is 10.7 Å². The second-order valence-electron chi connectivity index (χ2n) is 5.97. The van der Waals surface area contributed by atoms with Gasteiger partial charge in [0.1, 0.15) is 0 Å². The molecule has 1 aromatic rings. The van der Waals surface area contributed by atoms with Gasteiger partial charge in [-0.25, -0.2) is 17.7 Å². The van der Waals surface area contributed by atoms with Gasteiger partial charge in [0.15, 0.2) is 5.96 Å². The lowest BCUT2D eigenvalue weighted by Crippen LogP contribution is -2.38. The van der Waals surface area contributed by atoms with E-state index < -0.39 is 10.0 Å². The molecule has 1 aliphatic rings. The lowest BCUT2D eigenvalue weighted by molar-refractivity contribution is 0.428. The number of likely N-dealkylation sites (tertiary alicyclic amines) is 1. The zero-order valence-electron chi connectivity index (χ0n) is 13.9. The molecule has 0 unspecified atom stereocenters. The van der Waals surface area contributed by atoms with E-state index in [1.54, 1.807) is 18.2 Å². The number of sulfonamides is 1. The summed E-state index contributed by atoms with van der Waals surface area (Å²) in [7, 11) is -0.419. The maximum Gasteiger partial charge on any atom is 0.242 e. The molecule has 0 aliphatic carbocycles. The van der Waals surface area contributed by atoms with Crippen LogP contribution in [0, 0.1) is 0 Å². The van der Waals surface area contributed by atoms with Crippen LogP contribution in [-0.4, -0.2) is 50.8 Å². The summed E-state index contributed by atoms with van der Waals surface area (Å²) in [6.45, 7) is 2.12.